The second-order valence-electron chi connectivity index (χ2n) is 7.78. The van der Waals surface area contributed by atoms with Gasteiger partial charge < -0.3 is 15.0 Å². The number of methoxy groups -OCH3 is 1. The van der Waals surface area contributed by atoms with Crippen LogP contribution < -0.4 is 15.0 Å². The van der Waals surface area contributed by atoms with Crippen molar-refractivity contribution in [2.45, 2.75) is 33.2 Å². The minimum atomic E-state index is -0.252. The summed E-state index contributed by atoms with van der Waals surface area (Å²) in [5.74, 6) is 0.371. The van der Waals surface area contributed by atoms with Crippen molar-refractivity contribution in [1.29, 1.82) is 0 Å². The standard InChI is InChI=1S/C24H25ClN4O3/c1-15-23(16(2)29(27-15)14-17-7-4-5-8-19(17)25)24(31)26-18-10-11-20(21(13-18)32-3)28-12-6-9-22(28)30/h4-5,7-8,10-11,13H,6,9,12,14H2,1-3H3,(H,26,31). The molecule has 2 aromatic carbocycles. The number of aromatic nitrogens is 2. The SMILES string of the molecule is COc1cc(NC(=O)c2c(C)nn(Cc3ccccc3Cl)c2C)ccc1N1CCCC1=O. The summed E-state index contributed by atoms with van der Waals surface area (Å²) >= 11 is 6.28. The number of carbonyl (C=O) groups is 2. The Hall–Kier alpha value is -3.32. The largest absolute Gasteiger partial charge is 0.494 e. The van der Waals surface area contributed by atoms with Crippen LogP contribution in [0.3, 0.4) is 0 Å². The monoisotopic (exact) mass is 452 g/mol. The van der Waals surface area contributed by atoms with Crippen LogP contribution in [0.5, 0.6) is 5.75 Å². The number of benzene rings is 2. The smallest absolute Gasteiger partial charge is 0.259 e. The molecule has 1 fully saturated rings. The molecule has 8 heteroatoms. The number of carbonyl (C=O) groups excluding carboxylic acids is 2. The van der Waals surface area contributed by atoms with Crippen LogP contribution in [-0.4, -0.2) is 35.2 Å². The lowest BCUT2D eigenvalue weighted by atomic mass is 10.1. The van der Waals surface area contributed by atoms with Gasteiger partial charge in [-0.05, 0) is 44.0 Å². The van der Waals surface area contributed by atoms with E-state index in [9.17, 15) is 9.59 Å². The third-order valence-corrected chi connectivity index (χ3v) is 6.06. The Morgan fingerprint density at radius 3 is 2.69 bits per heavy atom. The lowest BCUT2D eigenvalue weighted by Gasteiger charge is -2.19. The van der Waals surface area contributed by atoms with Gasteiger partial charge >= 0.3 is 0 Å². The van der Waals surface area contributed by atoms with Gasteiger partial charge in [-0.15, -0.1) is 0 Å². The molecule has 1 saturated heterocycles. The van der Waals surface area contributed by atoms with Crippen molar-refractivity contribution in [3.05, 3.63) is 70.0 Å². The van der Waals surface area contributed by atoms with E-state index in [1.165, 1.54) is 0 Å². The number of rotatable bonds is 6. The van der Waals surface area contributed by atoms with E-state index in [2.05, 4.69) is 10.4 Å². The number of halogens is 1. The van der Waals surface area contributed by atoms with Gasteiger partial charge in [0.25, 0.3) is 5.91 Å². The Balaban J connectivity index is 1.56. The molecule has 0 aliphatic carbocycles. The molecular weight excluding hydrogens is 428 g/mol. The van der Waals surface area contributed by atoms with E-state index in [4.69, 9.17) is 16.3 Å². The van der Waals surface area contributed by atoms with Crippen LogP contribution in [0.1, 0.15) is 40.2 Å². The highest BCUT2D eigenvalue weighted by Crippen LogP contribution is 2.34. The summed E-state index contributed by atoms with van der Waals surface area (Å²) < 4.78 is 7.27. The second kappa shape index (κ2) is 9.04. The summed E-state index contributed by atoms with van der Waals surface area (Å²) in [6.07, 6.45) is 1.37. The number of anilines is 2. The van der Waals surface area contributed by atoms with E-state index in [1.807, 2.05) is 38.1 Å². The van der Waals surface area contributed by atoms with E-state index in [0.717, 1.165) is 17.7 Å². The van der Waals surface area contributed by atoms with Crippen molar-refractivity contribution in [1.82, 2.24) is 9.78 Å². The Morgan fingerprint density at radius 2 is 2.00 bits per heavy atom. The molecule has 1 aliphatic heterocycles. The third kappa shape index (κ3) is 4.21. The maximum Gasteiger partial charge on any atom is 0.259 e. The highest BCUT2D eigenvalue weighted by molar-refractivity contribution is 6.31. The molecule has 4 rings (SSSR count). The highest BCUT2D eigenvalue weighted by Gasteiger charge is 2.25. The van der Waals surface area contributed by atoms with E-state index in [1.54, 1.807) is 34.9 Å². The van der Waals surface area contributed by atoms with Crippen LogP contribution in [0.4, 0.5) is 11.4 Å². The summed E-state index contributed by atoms with van der Waals surface area (Å²) in [5, 5.41) is 8.14. The highest BCUT2D eigenvalue weighted by atomic mass is 35.5. The van der Waals surface area contributed by atoms with Crippen molar-refractivity contribution in [3.8, 4) is 5.75 Å². The third-order valence-electron chi connectivity index (χ3n) is 5.69. The van der Waals surface area contributed by atoms with Gasteiger partial charge in [0.2, 0.25) is 5.91 Å². The number of aryl methyl sites for hydroxylation is 1. The van der Waals surface area contributed by atoms with E-state index in [-0.39, 0.29) is 11.8 Å². The predicted octanol–water partition coefficient (Wildman–Crippen LogP) is 4.59. The number of amides is 2. The molecule has 0 spiro atoms. The van der Waals surface area contributed by atoms with Crippen LogP contribution >= 0.6 is 11.6 Å². The van der Waals surface area contributed by atoms with Gasteiger partial charge in [-0.3, -0.25) is 14.3 Å². The van der Waals surface area contributed by atoms with E-state index < -0.39 is 0 Å². The molecule has 1 aliphatic rings. The van der Waals surface area contributed by atoms with Gasteiger partial charge in [0, 0.05) is 35.4 Å². The molecule has 7 nitrogen and oxygen atoms in total. The quantitative estimate of drug-likeness (QED) is 0.593. The maximum atomic E-state index is 13.1. The fraction of sp³-hybridized carbons (Fsp3) is 0.292. The van der Waals surface area contributed by atoms with Gasteiger partial charge in [-0.25, -0.2) is 0 Å². The average molecular weight is 453 g/mol. The van der Waals surface area contributed by atoms with Crippen LogP contribution in [-0.2, 0) is 11.3 Å². The minimum absolute atomic E-state index is 0.0808. The topological polar surface area (TPSA) is 76.5 Å². The number of nitrogens with one attached hydrogen (secondary N) is 1. The summed E-state index contributed by atoms with van der Waals surface area (Å²) in [6, 6.07) is 12.9. The average Bonchev–Trinajstić information content (AvgIpc) is 3.31. The van der Waals surface area contributed by atoms with Crippen molar-refractivity contribution in [2.24, 2.45) is 0 Å². The molecule has 0 radical (unpaired) electrons. The lowest BCUT2D eigenvalue weighted by molar-refractivity contribution is -0.117. The maximum absolute atomic E-state index is 13.1. The zero-order chi connectivity index (χ0) is 22.8. The van der Waals surface area contributed by atoms with Crippen molar-refractivity contribution < 1.29 is 14.3 Å². The molecule has 1 aromatic heterocycles. The molecule has 2 heterocycles. The first kappa shape index (κ1) is 21.9. The van der Waals surface area contributed by atoms with Crippen molar-refractivity contribution >= 4 is 34.8 Å². The summed E-state index contributed by atoms with van der Waals surface area (Å²) in [4.78, 5) is 26.9. The fourth-order valence-electron chi connectivity index (χ4n) is 4.04. The van der Waals surface area contributed by atoms with Crippen molar-refractivity contribution in [3.63, 3.8) is 0 Å². The van der Waals surface area contributed by atoms with Gasteiger partial charge in [0.1, 0.15) is 5.75 Å². The van der Waals surface area contributed by atoms with Gasteiger partial charge in [-0.1, -0.05) is 29.8 Å². The molecule has 0 unspecified atom stereocenters. The molecule has 0 bridgehead atoms. The molecule has 0 saturated carbocycles. The predicted molar refractivity (Wildman–Crippen MR) is 125 cm³/mol. The molecule has 32 heavy (non-hydrogen) atoms. The molecule has 1 N–H and O–H groups in total. The summed E-state index contributed by atoms with van der Waals surface area (Å²) in [7, 11) is 1.55. The molecule has 2 amide bonds. The van der Waals surface area contributed by atoms with Gasteiger partial charge in [0.05, 0.1) is 30.6 Å². The normalized spacial score (nSPS) is 13.5. The number of hydrogen-bond acceptors (Lipinski definition) is 4. The zero-order valence-corrected chi connectivity index (χ0v) is 19.1. The first-order valence-electron chi connectivity index (χ1n) is 10.5. The summed E-state index contributed by atoms with van der Waals surface area (Å²) in [6.45, 7) is 4.83. The Morgan fingerprint density at radius 1 is 1.22 bits per heavy atom. The minimum Gasteiger partial charge on any atom is -0.494 e. The Labute approximate surface area is 191 Å². The second-order valence-corrected chi connectivity index (χ2v) is 8.19. The molecule has 3 aromatic rings. The van der Waals surface area contributed by atoms with Crippen LogP contribution in [0.2, 0.25) is 5.02 Å². The number of nitrogens with zero attached hydrogens (tertiary/aromatic N) is 3. The zero-order valence-electron chi connectivity index (χ0n) is 18.3. The molecular formula is C24H25ClN4O3. The van der Waals surface area contributed by atoms with Crippen LogP contribution in [0.15, 0.2) is 42.5 Å². The summed E-state index contributed by atoms with van der Waals surface area (Å²) in [5.41, 5.74) is 4.15. The number of hydrogen-bond donors (Lipinski definition) is 1. The lowest BCUT2D eigenvalue weighted by Crippen LogP contribution is -2.24. The van der Waals surface area contributed by atoms with Gasteiger partial charge in [0.15, 0.2) is 0 Å². The Bertz CT molecular complexity index is 1190. The van der Waals surface area contributed by atoms with Crippen LogP contribution in [0.25, 0.3) is 0 Å². The van der Waals surface area contributed by atoms with Gasteiger partial charge in [-0.2, -0.15) is 5.10 Å². The van der Waals surface area contributed by atoms with E-state index >= 15 is 0 Å². The number of ether oxygens (including phenoxy) is 1. The first-order valence-corrected chi connectivity index (χ1v) is 10.8. The fourth-order valence-corrected chi connectivity index (χ4v) is 4.24. The van der Waals surface area contributed by atoms with Crippen molar-refractivity contribution in [2.75, 3.05) is 23.9 Å². The molecule has 166 valence electrons. The van der Waals surface area contributed by atoms with Crippen LogP contribution in [0, 0.1) is 13.8 Å². The van der Waals surface area contributed by atoms with E-state index in [0.29, 0.717) is 52.9 Å². The molecule has 0 atom stereocenters. The first-order chi connectivity index (χ1) is 15.4. The Kier molecular flexibility index (Phi) is 6.19.